The molecule has 1 aromatic rings. The quantitative estimate of drug-likeness (QED) is 0.683. The molecule has 2 rings (SSSR count). The van der Waals surface area contributed by atoms with Crippen LogP contribution in [-0.4, -0.2) is 25.2 Å². The van der Waals surface area contributed by atoms with Gasteiger partial charge in [0.1, 0.15) is 11.6 Å². The predicted octanol–water partition coefficient (Wildman–Crippen LogP) is 3.20. The van der Waals surface area contributed by atoms with E-state index in [2.05, 4.69) is 5.32 Å². The normalized spacial score (nSPS) is 18.3. The maximum absolute atomic E-state index is 12.0. The molecule has 1 aliphatic heterocycles. The van der Waals surface area contributed by atoms with Gasteiger partial charge in [-0.15, -0.1) is 0 Å². The highest BCUT2D eigenvalue weighted by Gasteiger charge is 2.17. The van der Waals surface area contributed by atoms with E-state index in [1.807, 2.05) is 6.07 Å². The zero-order valence-corrected chi connectivity index (χ0v) is 12.7. The van der Waals surface area contributed by atoms with Gasteiger partial charge in [0.05, 0.1) is 16.1 Å². The first-order chi connectivity index (χ1) is 10.1. The molecule has 6 heteroatoms. The van der Waals surface area contributed by atoms with Crippen LogP contribution < -0.4 is 5.32 Å². The lowest BCUT2D eigenvalue weighted by Gasteiger charge is -2.10. The van der Waals surface area contributed by atoms with Crippen LogP contribution in [-0.2, 0) is 9.53 Å². The molecule has 0 unspecified atom stereocenters. The van der Waals surface area contributed by atoms with Crippen molar-refractivity contribution < 1.29 is 9.53 Å². The van der Waals surface area contributed by atoms with Crippen LogP contribution in [0, 0.1) is 11.3 Å². The molecule has 21 heavy (non-hydrogen) atoms. The van der Waals surface area contributed by atoms with Gasteiger partial charge in [0.15, 0.2) is 0 Å². The fourth-order valence-corrected chi connectivity index (χ4v) is 2.33. The van der Waals surface area contributed by atoms with Gasteiger partial charge in [-0.25, -0.2) is 0 Å². The predicted molar refractivity (Wildman–Crippen MR) is 82.0 cm³/mol. The van der Waals surface area contributed by atoms with Crippen molar-refractivity contribution in [2.24, 2.45) is 0 Å². The number of hydrogen-bond acceptors (Lipinski definition) is 3. The molecule has 1 N–H and O–H groups in total. The standard InChI is InChI=1S/C15H14Cl2N2O2/c16-13-4-3-10(7-14(13)17)6-11(8-18)15(20)19-9-12-2-1-5-21-12/h3-4,6-7,12H,1-2,5,9H2,(H,19,20)/b11-6-/t12-/m1/s1. The highest BCUT2D eigenvalue weighted by Crippen LogP contribution is 2.23. The number of amides is 1. The summed E-state index contributed by atoms with van der Waals surface area (Å²) >= 11 is 11.7. The van der Waals surface area contributed by atoms with Crippen molar-refractivity contribution in [3.8, 4) is 6.07 Å². The van der Waals surface area contributed by atoms with Crippen molar-refractivity contribution >= 4 is 35.2 Å². The molecule has 0 spiro atoms. The molecular formula is C15H14Cl2N2O2. The Hall–Kier alpha value is -1.54. The average Bonchev–Trinajstić information content (AvgIpc) is 2.99. The highest BCUT2D eigenvalue weighted by atomic mass is 35.5. The summed E-state index contributed by atoms with van der Waals surface area (Å²) in [6.45, 7) is 1.14. The van der Waals surface area contributed by atoms with E-state index in [0.717, 1.165) is 19.4 Å². The molecule has 1 aliphatic rings. The third-order valence-corrected chi connectivity index (χ3v) is 3.87. The second kappa shape index (κ2) is 7.46. The number of rotatable bonds is 4. The fraction of sp³-hybridized carbons (Fsp3) is 0.333. The molecule has 1 saturated heterocycles. The van der Waals surface area contributed by atoms with E-state index in [0.29, 0.717) is 22.2 Å². The fourth-order valence-electron chi connectivity index (χ4n) is 2.02. The molecule has 1 heterocycles. The van der Waals surface area contributed by atoms with Crippen LogP contribution in [0.1, 0.15) is 18.4 Å². The van der Waals surface area contributed by atoms with E-state index in [1.165, 1.54) is 6.08 Å². The minimum absolute atomic E-state index is 0.0198. The molecule has 1 aromatic carbocycles. The Labute approximate surface area is 133 Å². The van der Waals surface area contributed by atoms with Crippen LogP contribution in [0.25, 0.3) is 6.08 Å². The first-order valence-corrected chi connectivity index (χ1v) is 7.32. The summed E-state index contributed by atoms with van der Waals surface area (Å²) < 4.78 is 5.41. The Balaban J connectivity index is 2.03. The van der Waals surface area contributed by atoms with Crippen LogP contribution in [0.2, 0.25) is 10.0 Å². The van der Waals surface area contributed by atoms with Crippen molar-refractivity contribution in [2.45, 2.75) is 18.9 Å². The minimum Gasteiger partial charge on any atom is -0.376 e. The lowest BCUT2D eigenvalue weighted by Crippen LogP contribution is -2.32. The summed E-state index contributed by atoms with van der Waals surface area (Å²) in [6.07, 6.45) is 3.45. The summed E-state index contributed by atoms with van der Waals surface area (Å²) in [4.78, 5) is 12.0. The number of carbonyl (C=O) groups excluding carboxylic acids is 1. The second-order valence-corrected chi connectivity index (χ2v) is 5.50. The van der Waals surface area contributed by atoms with E-state index in [9.17, 15) is 4.79 Å². The smallest absolute Gasteiger partial charge is 0.262 e. The summed E-state index contributed by atoms with van der Waals surface area (Å²) in [5.74, 6) is -0.418. The number of nitrogens with one attached hydrogen (secondary N) is 1. The van der Waals surface area contributed by atoms with Gasteiger partial charge in [0, 0.05) is 13.2 Å². The lowest BCUT2D eigenvalue weighted by atomic mass is 10.1. The highest BCUT2D eigenvalue weighted by molar-refractivity contribution is 6.42. The number of carbonyl (C=O) groups is 1. The SMILES string of the molecule is N#C/C(=C/c1ccc(Cl)c(Cl)c1)C(=O)NC[C@H]1CCCO1. The van der Waals surface area contributed by atoms with Crippen LogP contribution >= 0.6 is 23.2 Å². The molecule has 1 amide bonds. The van der Waals surface area contributed by atoms with Crippen LogP contribution in [0.3, 0.4) is 0 Å². The zero-order chi connectivity index (χ0) is 15.2. The Bertz CT molecular complexity index is 602. The largest absolute Gasteiger partial charge is 0.376 e. The summed E-state index contributed by atoms with van der Waals surface area (Å²) in [7, 11) is 0. The lowest BCUT2D eigenvalue weighted by molar-refractivity contribution is -0.117. The average molecular weight is 325 g/mol. The van der Waals surface area contributed by atoms with Gasteiger partial charge in [-0.05, 0) is 36.6 Å². The van der Waals surface area contributed by atoms with Crippen molar-refractivity contribution in [2.75, 3.05) is 13.2 Å². The van der Waals surface area contributed by atoms with Gasteiger partial charge in [-0.1, -0.05) is 29.3 Å². The van der Waals surface area contributed by atoms with E-state index in [4.69, 9.17) is 33.2 Å². The first kappa shape index (κ1) is 15.8. The van der Waals surface area contributed by atoms with Crippen molar-refractivity contribution in [1.29, 1.82) is 5.26 Å². The molecule has 110 valence electrons. The van der Waals surface area contributed by atoms with Gasteiger partial charge in [0.2, 0.25) is 0 Å². The third-order valence-electron chi connectivity index (χ3n) is 3.13. The van der Waals surface area contributed by atoms with Crippen LogP contribution in [0.4, 0.5) is 0 Å². The molecule has 1 atom stereocenters. The first-order valence-electron chi connectivity index (χ1n) is 6.57. The van der Waals surface area contributed by atoms with E-state index in [-0.39, 0.29) is 11.7 Å². The summed E-state index contributed by atoms with van der Waals surface area (Å²) in [5, 5.41) is 12.6. The van der Waals surface area contributed by atoms with Crippen LogP contribution in [0.15, 0.2) is 23.8 Å². The molecule has 0 radical (unpaired) electrons. The van der Waals surface area contributed by atoms with E-state index < -0.39 is 5.91 Å². The molecule has 1 fully saturated rings. The van der Waals surface area contributed by atoms with Gasteiger partial charge in [0.25, 0.3) is 5.91 Å². The minimum atomic E-state index is -0.418. The molecule has 0 aromatic heterocycles. The number of nitriles is 1. The Kier molecular flexibility index (Phi) is 5.63. The molecule has 4 nitrogen and oxygen atoms in total. The molecule has 0 aliphatic carbocycles. The van der Waals surface area contributed by atoms with Crippen LogP contribution in [0.5, 0.6) is 0 Å². The number of halogens is 2. The topological polar surface area (TPSA) is 62.1 Å². The van der Waals surface area contributed by atoms with Gasteiger partial charge in [-0.2, -0.15) is 5.26 Å². The number of nitrogens with zero attached hydrogens (tertiary/aromatic N) is 1. The number of ether oxygens (including phenoxy) is 1. The summed E-state index contributed by atoms with van der Waals surface area (Å²) in [6, 6.07) is 6.81. The third kappa shape index (κ3) is 4.47. The zero-order valence-electron chi connectivity index (χ0n) is 11.2. The van der Waals surface area contributed by atoms with Crippen molar-refractivity contribution in [1.82, 2.24) is 5.32 Å². The number of hydrogen-bond donors (Lipinski definition) is 1. The Morgan fingerprint density at radius 2 is 2.29 bits per heavy atom. The summed E-state index contributed by atoms with van der Waals surface area (Å²) in [5.41, 5.74) is 0.666. The molecule has 0 bridgehead atoms. The van der Waals surface area contributed by atoms with Gasteiger partial charge in [-0.3, -0.25) is 4.79 Å². The van der Waals surface area contributed by atoms with Gasteiger partial charge >= 0.3 is 0 Å². The molecular weight excluding hydrogens is 311 g/mol. The van der Waals surface area contributed by atoms with E-state index in [1.54, 1.807) is 18.2 Å². The maximum Gasteiger partial charge on any atom is 0.262 e. The van der Waals surface area contributed by atoms with Crippen molar-refractivity contribution in [3.63, 3.8) is 0 Å². The van der Waals surface area contributed by atoms with E-state index >= 15 is 0 Å². The maximum atomic E-state index is 12.0. The monoisotopic (exact) mass is 324 g/mol. The van der Waals surface area contributed by atoms with Gasteiger partial charge < -0.3 is 10.1 Å². The second-order valence-electron chi connectivity index (χ2n) is 4.69. The number of benzene rings is 1. The molecule has 0 saturated carbocycles. The van der Waals surface area contributed by atoms with Crippen molar-refractivity contribution in [3.05, 3.63) is 39.4 Å². The Morgan fingerprint density at radius 1 is 1.48 bits per heavy atom. The Morgan fingerprint density at radius 3 is 2.90 bits per heavy atom.